The molecule has 0 saturated heterocycles. The Morgan fingerprint density at radius 3 is 2.97 bits per heavy atom. The number of amides is 1. The Labute approximate surface area is 193 Å². The molecule has 4 heterocycles. The van der Waals surface area contributed by atoms with Crippen molar-refractivity contribution in [3.05, 3.63) is 86.7 Å². The van der Waals surface area contributed by atoms with E-state index < -0.39 is 5.56 Å². The summed E-state index contributed by atoms with van der Waals surface area (Å²) in [6, 6.07) is 6.95. The summed E-state index contributed by atoms with van der Waals surface area (Å²) in [7, 11) is 0. The number of anilines is 1. The highest BCUT2D eigenvalue weighted by molar-refractivity contribution is 6.35. The predicted octanol–water partition coefficient (Wildman–Crippen LogP) is 1.69. The summed E-state index contributed by atoms with van der Waals surface area (Å²) in [5, 5.41) is 18.9. The summed E-state index contributed by atoms with van der Waals surface area (Å²) in [6.45, 7) is 2.10. The van der Waals surface area contributed by atoms with Crippen LogP contribution in [-0.4, -0.2) is 32.0 Å². The monoisotopic (exact) mass is 467 g/mol. The van der Waals surface area contributed by atoms with E-state index in [0.717, 1.165) is 15.6 Å². The number of fused-ring (bicyclic) bond motifs is 1. The van der Waals surface area contributed by atoms with Gasteiger partial charge in [0.15, 0.2) is 17.7 Å². The third-order valence-electron chi connectivity index (χ3n) is 5.17. The highest BCUT2D eigenvalue weighted by Gasteiger charge is 2.13. The van der Waals surface area contributed by atoms with Crippen molar-refractivity contribution in [3.8, 4) is 0 Å². The summed E-state index contributed by atoms with van der Waals surface area (Å²) < 4.78 is 2.13. The molecule has 0 radical (unpaired) electrons. The van der Waals surface area contributed by atoms with Crippen molar-refractivity contribution in [1.29, 1.82) is 0 Å². The van der Waals surface area contributed by atoms with Gasteiger partial charge in [-0.15, -0.1) is 0 Å². The highest BCUT2D eigenvalue weighted by atomic mass is 35.5. The number of nitrogens with one attached hydrogen (secondary N) is 3. The third-order valence-corrected chi connectivity index (χ3v) is 5.49. The van der Waals surface area contributed by atoms with Gasteiger partial charge in [-0.2, -0.15) is 4.73 Å². The fourth-order valence-electron chi connectivity index (χ4n) is 3.37. The average Bonchev–Trinajstić information content (AvgIpc) is 3.18. The first kappa shape index (κ1) is 22.3. The number of halogens is 1. The van der Waals surface area contributed by atoms with Crippen LogP contribution in [-0.2, 0) is 24.3 Å². The maximum atomic E-state index is 12.8. The Bertz CT molecular complexity index is 1370. The van der Waals surface area contributed by atoms with Crippen LogP contribution >= 0.6 is 11.6 Å². The molecule has 4 aromatic heterocycles. The van der Waals surface area contributed by atoms with Crippen LogP contribution in [0.15, 0.2) is 53.8 Å². The largest absolute Gasteiger partial charge is 0.619 e. The molecule has 0 aliphatic heterocycles. The molecule has 4 aromatic rings. The molecule has 1 amide bonds. The van der Waals surface area contributed by atoms with Crippen molar-refractivity contribution >= 4 is 34.2 Å². The molecule has 0 aliphatic carbocycles. The van der Waals surface area contributed by atoms with E-state index in [9.17, 15) is 14.8 Å². The van der Waals surface area contributed by atoms with Crippen LogP contribution < -0.4 is 20.9 Å². The molecule has 0 atom stereocenters. The Balaban J connectivity index is 1.38. The third kappa shape index (κ3) is 5.12. The van der Waals surface area contributed by atoms with Gasteiger partial charge in [0.1, 0.15) is 6.54 Å². The van der Waals surface area contributed by atoms with E-state index in [1.165, 1.54) is 17.0 Å². The zero-order valence-electron chi connectivity index (χ0n) is 17.8. The summed E-state index contributed by atoms with van der Waals surface area (Å²) in [5.41, 5.74) is 2.18. The van der Waals surface area contributed by atoms with Crippen LogP contribution in [0.4, 0.5) is 5.82 Å². The molecule has 3 N–H and O–H groups in total. The van der Waals surface area contributed by atoms with Crippen molar-refractivity contribution in [2.24, 2.45) is 0 Å². The molecular weight excluding hydrogens is 446 g/mol. The van der Waals surface area contributed by atoms with Gasteiger partial charge >= 0.3 is 0 Å². The van der Waals surface area contributed by atoms with E-state index in [0.29, 0.717) is 35.1 Å². The zero-order valence-corrected chi connectivity index (χ0v) is 18.6. The standard InChI is InChI=1S/C22H22ClN7O3/c1-14-9-28-21(24-6-5-16-4-2-3-7-30(16)33)22(32)29(14)13-20(31)27-10-15-8-17-18(23)11-26-19(17)12-25-15/h2-4,7-9,11-12,26H,5-6,10,13H2,1H3,(H,24,28)(H,27,31). The van der Waals surface area contributed by atoms with Gasteiger partial charge in [-0.25, -0.2) is 4.98 Å². The number of carbonyl (C=O) groups excluding carboxylic acids is 1. The summed E-state index contributed by atoms with van der Waals surface area (Å²) in [4.78, 5) is 36.8. The van der Waals surface area contributed by atoms with E-state index in [1.807, 2.05) is 0 Å². The normalized spacial score (nSPS) is 11.0. The minimum atomic E-state index is -0.410. The van der Waals surface area contributed by atoms with E-state index >= 15 is 0 Å². The number of aromatic nitrogens is 5. The number of aryl methyl sites for hydroxylation is 1. The van der Waals surface area contributed by atoms with Gasteiger partial charge in [-0.05, 0) is 13.0 Å². The fourth-order valence-corrected chi connectivity index (χ4v) is 3.58. The Kier molecular flexibility index (Phi) is 6.55. The maximum absolute atomic E-state index is 12.8. The number of H-pyrrole nitrogens is 1. The lowest BCUT2D eigenvalue weighted by molar-refractivity contribution is -0.613. The first-order valence-corrected chi connectivity index (χ1v) is 10.7. The number of nitrogens with zero attached hydrogens (tertiary/aromatic N) is 4. The van der Waals surface area contributed by atoms with Crippen molar-refractivity contribution in [2.75, 3.05) is 11.9 Å². The number of hydrogen-bond donors (Lipinski definition) is 3. The van der Waals surface area contributed by atoms with Crippen LogP contribution in [0.1, 0.15) is 17.1 Å². The lowest BCUT2D eigenvalue weighted by Gasteiger charge is -2.12. The van der Waals surface area contributed by atoms with Crippen molar-refractivity contribution in [2.45, 2.75) is 26.4 Å². The van der Waals surface area contributed by atoms with Gasteiger partial charge in [-0.3, -0.25) is 19.1 Å². The molecule has 170 valence electrons. The predicted molar refractivity (Wildman–Crippen MR) is 124 cm³/mol. The first-order valence-electron chi connectivity index (χ1n) is 10.3. The smallest absolute Gasteiger partial charge is 0.293 e. The highest BCUT2D eigenvalue weighted by Crippen LogP contribution is 2.22. The van der Waals surface area contributed by atoms with Crippen LogP contribution in [0.3, 0.4) is 0 Å². The van der Waals surface area contributed by atoms with Crippen LogP contribution in [0.2, 0.25) is 5.02 Å². The maximum Gasteiger partial charge on any atom is 0.293 e. The second-order valence-corrected chi connectivity index (χ2v) is 7.88. The molecule has 4 rings (SSSR count). The quantitative estimate of drug-likeness (QED) is 0.267. The topological polar surface area (TPSA) is 132 Å². The second kappa shape index (κ2) is 9.70. The molecule has 0 unspecified atom stereocenters. The molecular formula is C22H22ClN7O3. The first-order chi connectivity index (χ1) is 15.9. The molecule has 11 heteroatoms. The molecule has 0 spiro atoms. The van der Waals surface area contributed by atoms with Crippen molar-refractivity contribution < 1.29 is 9.52 Å². The zero-order chi connectivity index (χ0) is 23.4. The van der Waals surface area contributed by atoms with E-state index in [1.54, 1.807) is 43.6 Å². The van der Waals surface area contributed by atoms with Gasteiger partial charge in [0.2, 0.25) is 5.91 Å². The van der Waals surface area contributed by atoms with Gasteiger partial charge in [0.25, 0.3) is 5.56 Å². The number of carbonyl (C=O) groups is 1. The number of pyridine rings is 2. The molecule has 0 saturated carbocycles. The molecule has 10 nitrogen and oxygen atoms in total. The number of rotatable bonds is 8. The van der Waals surface area contributed by atoms with E-state index in [2.05, 4.69) is 25.6 Å². The van der Waals surface area contributed by atoms with Gasteiger partial charge in [-0.1, -0.05) is 17.7 Å². The van der Waals surface area contributed by atoms with E-state index in [-0.39, 0.29) is 24.8 Å². The van der Waals surface area contributed by atoms with Crippen LogP contribution in [0.5, 0.6) is 0 Å². The van der Waals surface area contributed by atoms with Gasteiger partial charge in [0.05, 0.1) is 35.4 Å². The minimum Gasteiger partial charge on any atom is -0.619 e. The number of hydrogen-bond acceptors (Lipinski definition) is 6. The van der Waals surface area contributed by atoms with Crippen molar-refractivity contribution in [3.63, 3.8) is 0 Å². The Morgan fingerprint density at radius 2 is 2.15 bits per heavy atom. The molecule has 0 bridgehead atoms. The van der Waals surface area contributed by atoms with E-state index in [4.69, 9.17) is 11.6 Å². The lowest BCUT2D eigenvalue weighted by atomic mass is 10.2. The number of aromatic amines is 1. The fraction of sp³-hybridized carbons (Fsp3) is 0.227. The summed E-state index contributed by atoms with van der Waals surface area (Å²) in [5.74, 6) is -0.216. The van der Waals surface area contributed by atoms with Crippen LogP contribution in [0.25, 0.3) is 10.9 Å². The Hall–Kier alpha value is -3.92. The lowest BCUT2D eigenvalue weighted by Crippen LogP contribution is -2.35. The van der Waals surface area contributed by atoms with Crippen molar-refractivity contribution in [1.82, 2.24) is 24.8 Å². The molecule has 0 aliphatic rings. The van der Waals surface area contributed by atoms with Gasteiger partial charge < -0.3 is 20.8 Å². The SMILES string of the molecule is Cc1cnc(NCCc2cccc[n+]2[O-])c(=O)n1CC(=O)NCc1cc2c(Cl)c[nH]c2cn1. The Morgan fingerprint density at radius 1 is 1.30 bits per heavy atom. The van der Waals surface area contributed by atoms with Gasteiger partial charge in [0, 0.05) is 42.2 Å². The molecule has 0 fully saturated rings. The molecule has 0 aromatic carbocycles. The minimum absolute atomic E-state index is 0.121. The molecule has 33 heavy (non-hydrogen) atoms. The summed E-state index contributed by atoms with van der Waals surface area (Å²) >= 11 is 6.13. The van der Waals surface area contributed by atoms with Crippen LogP contribution in [0, 0.1) is 12.1 Å². The average molecular weight is 468 g/mol. The summed E-state index contributed by atoms with van der Waals surface area (Å²) in [6.07, 6.45) is 6.70. The second-order valence-electron chi connectivity index (χ2n) is 7.47.